The molecule has 1 amide bonds. The molecule has 1 heterocycles. The van der Waals surface area contributed by atoms with Crippen LogP contribution in [0.3, 0.4) is 0 Å². The third kappa shape index (κ3) is 3.40. The molecule has 0 saturated carbocycles. The van der Waals surface area contributed by atoms with Gasteiger partial charge in [-0.1, -0.05) is 0 Å². The number of amides is 1. The number of carbonyl (C=O) groups excluding carboxylic acids is 1. The predicted molar refractivity (Wildman–Crippen MR) is 69.3 cm³/mol. The van der Waals surface area contributed by atoms with E-state index in [0.717, 1.165) is 3.54 Å². The second kappa shape index (κ2) is 5.96. The zero-order valence-electron chi connectivity index (χ0n) is 9.25. The Bertz CT molecular complexity index is 559. The number of hydrogen-bond donors (Lipinski definition) is 0. The fraction of sp³-hybridized carbons (Fsp3) is 0.167. The second-order valence-corrected chi connectivity index (χ2v) is 6.56. The molecule has 0 atom stereocenters. The summed E-state index contributed by atoms with van der Waals surface area (Å²) >= 11 is 1.70. The van der Waals surface area contributed by atoms with Crippen molar-refractivity contribution < 1.29 is 9.53 Å². The molecule has 0 aliphatic rings. The van der Waals surface area contributed by atoms with Gasteiger partial charge in [-0.15, -0.1) is 0 Å². The van der Waals surface area contributed by atoms with Crippen LogP contribution in [-0.2, 0) is 4.74 Å². The molecular formula is C12H11NO2SSe. The van der Waals surface area contributed by atoms with Crippen molar-refractivity contribution in [1.29, 1.82) is 0 Å². The fourth-order valence-corrected chi connectivity index (χ4v) is 4.57. The number of nitrogens with zero attached hydrogens (tertiary/aromatic N) is 1. The van der Waals surface area contributed by atoms with Gasteiger partial charge in [0.15, 0.2) is 0 Å². The molecule has 0 fully saturated rings. The quantitative estimate of drug-likeness (QED) is 0.799. The van der Waals surface area contributed by atoms with Crippen LogP contribution in [0.2, 0.25) is 0 Å². The van der Waals surface area contributed by atoms with E-state index in [4.69, 9.17) is 4.74 Å². The normalized spacial score (nSPS) is 11.5. The molecule has 0 N–H and O–H groups in total. The molecule has 0 saturated heterocycles. The summed E-state index contributed by atoms with van der Waals surface area (Å²) in [5.74, 6) is 0. The summed E-state index contributed by atoms with van der Waals surface area (Å²) in [6.45, 7) is 2.14. The average molecular weight is 312 g/mol. The summed E-state index contributed by atoms with van der Waals surface area (Å²) in [4.78, 5) is 18.5. The summed E-state index contributed by atoms with van der Waals surface area (Å²) < 4.78 is 5.65. The molecule has 88 valence electrons. The van der Waals surface area contributed by atoms with Crippen molar-refractivity contribution in [2.24, 2.45) is 4.99 Å². The molecular weight excluding hydrogens is 301 g/mol. The van der Waals surface area contributed by atoms with E-state index >= 15 is 0 Å². The number of rotatable bonds is 2. The Balaban J connectivity index is 2.25. The van der Waals surface area contributed by atoms with Crippen molar-refractivity contribution in [2.75, 3.05) is 6.61 Å². The summed E-state index contributed by atoms with van der Waals surface area (Å²) in [5, 5.41) is 0. The van der Waals surface area contributed by atoms with Crippen LogP contribution in [0.25, 0.3) is 10.4 Å². The molecule has 3 nitrogen and oxygen atoms in total. The maximum atomic E-state index is 11.2. The first kappa shape index (κ1) is 12.3. The maximum absolute atomic E-state index is 11.2. The van der Waals surface area contributed by atoms with E-state index in [0.29, 0.717) is 6.61 Å². The van der Waals surface area contributed by atoms with Crippen molar-refractivity contribution in [1.82, 2.24) is 0 Å². The Hall–Kier alpha value is -1.16. The van der Waals surface area contributed by atoms with Crippen molar-refractivity contribution >= 4 is 31.9 Å². The van der Waals surface area contributed by atoms with E-state index in [1.54, 1.807) is 18.3 Å². The number of hydrogen-bond acceptors (Lipinski definition) is 3. The molecule has 0 bridgehead atoms. The molecule has 2 rings (SSSR count). The van der Waals surface area contributed by atoms with Crippen molar-refractivity contribution in [2.45, 2.75) is 6.92 Å². The Morgan fingerprint density at radius 1 is 1.41 bits per heavy atom. The van der Waals surface area contributed by atoms with E-state index in [1.165, 1.54) is 10.4 Å². The van der Waals surface area contributed by atoms with Gasteiger partial charge in [-0.3, -0.25) is 0 Å². The molecule has 0 aliphatic heterocycles. The van der Waals surface area contributed by atoms with E-state index in [1.807, 2.05) is 18.2 Å². The second-order valence-electron chi connectivity index (χ2n) is 3.14. The molecule has 1 aromatic heterocycles. The molecule has 0 unspecified atom stereocenters. The molecule has 1 aromatic carbocycles. The summed E-state index contributed by atoms with van der Waals surface area (Å²) in [6, 6.07) is 10.1. The van der Waals surface area contributed by atoms with Gasteiger partial charge in [0.2, 0.25) is 0 Å². The molecule has 17 heavy (non-hydrogen) atoms. The van der Waals surface area contributed by atoms with Crippen LogP contribution in [-0.4, -0.2) is 27.2 Å². The van der Waals surface area contributed by atoms with Crippen LogP contribution in [0.4, 0.5) is 4.79 Å². The SMILES string of the molecule is CCOC(=O)/N=c1/sc(-c2ccccc2)c[se]1. The van der Waals surface area contributed by atoms with Crippen LogP contribution >= 0.6 is 11.3 Å². The minimum atomic E-state index is -0.486. The van der Waals surface area contributed by atoms with Crippen molar-refractivity contribution in [3.8, 4) is 10.4 Å². The van der Waals surface area contributed by atoms with E-state index < -0.39 is 6.09 Å². The van der Waals surface area contributed by atoms with Crippen molar-refractivity contribution in [3.05, 3.63) is 38.8 Å². The Morgan fingerprint density at radius 3 is 2.88 bits per heavy atom. The van der Waals surface area contributed by atoms with E-state index in [2.05, 4.69) is 22.1 Å². The first-order valence-corrected chi connectivity index (χ1v) is 7.81. The van der Waals surface area contributed by atoms with Gasteiger partial charge < -0.3 is 0 Å². The van der Waals surface area contributed by atoms with Gasteiger partial charge >= 0.3 is 109 Å². The van der Waals surface area contributed by atoms with Gasteiger partial charge in [0, 0.05) is 0 Å². The van der Waals surface area contributed by atoms with E-state index in [9.17, 15) is 4.79 Å². The van der Waals surface area contributed by atoms with Crippen LogP contribution < -0.4 is 3.54 Å². The topological polar surface area (TPSA) is 38.7 Å². The van der Waals surface area contributed by atoms with Gasteiger partial charge in [0.25, 0.3) is 0 Å². The zero-order chi connectivity index (χ0) is 12.1. The fourth-order valence-electron chi connectivity index (χ4n) is 1.25. The van der Waals surface area contributed by atoms with Crippen LogP contribution in [0.15, 0.2) is 40.3 Å². The molecule has 0 aliphatic carbocycles. The van der Waals surface area contributed by atoms with Gasteiger partial charge in [0.1, 0.15) is 0 Å². The van der Waals surface area contributed by atoms with E-state index in [-0.39, 0.29) is 14.5 Å². The summed E-state index contributed by atoms with van der Waals surface area (Å²) in [6.07, 6.45) is -0.486. The van der Waals surface area contributed by atoms with Crippen LogP contribution in [0.5, 0.6) is 0 Å². The summed E-state index contributed by atoms with van der Waals surface area (Å²) in [5.41, 5.74) is 1.17. The van der Waals surface area contributed by atoms with Crippen molar-refractivity contribution in [3.63, 3.8) is 0 Å². The monoisotopic (exact) mass is 313 g/mol. The van der Waals surface area contributed by atoms with Gasteiger partial charge in [-0.05, 0) is 0 Å². The number of ether oxygens (including phenoxy) is 1. The Labute approximate surface area is 109 Å². The Morgan fingerprint density at radius 2 is 2.18 bits per heavy atom. The van der Waals surface area contributed by atoms with Crippen LogP contribution in [0, 0.1) is 0 Å². The molecule has 0 radical (unpaired) electrons. The standard InChI is InChI=1S/C12H11NO2SSe/c1-2-15-11(14)13-12-16-10(8-17-12)9-6-4-3-5-7-9/h3-8H,2H2,1H3/b13-12-. The summed E-state index contributed by atoms with van der Waals surface area (Å²) in [7, 11) is 0. The third-order valence-electron chi connectivity index (χ3n) is 1.97. The first-order chi connectivity index (χ1) is 8.29. The van der Waals surface area contributed by atoms with Gasteiger partial charge in [-0.25, -0.2) is 0 Å². The van der Waals surface area contributed by atoms with Gasteiger partial charge in [0.05, 0.1) is 0 Å². The molecule has 5 heteroatoms. The number of benzene rings is 1. The zero-order valence-corrected chi connectivity index (χ0v) is 11.8. The first-order valence-electron chi connectivity index (χ1n) is 5.15. The molecule has 2 aromatic rings. The minimum absolute atomic E-state index is 0.141. The number of carbonyl (C=O) groups is 1. The predicted octanol–water partition coefficient (Wildman–Crippen LogP) is 2.53. The van der Waals surface area contributed by atoms with Gasteiger partial charge in [-0.2, -0.15) is 0 Å². The average Bonchev–Trinajstić information content (AvgIpc) is 2.79. The molecule has 0 spiro atoms. The third-order valence-corrected chi connectivity index (χ3v) is 5.53. The Kier molecular flexibility index (Phi) is 4.31. The van der Waals surface area contributed by atoms with Crippen LogP contribution in [0.1, 0.15) is 6.92 Å².